The van der Waals surface area contributed by atoms with Crippen LogP contribution in [0.1, 0.15) is 28.7 Å². The van der Waals surface area contributed by atoms with E-state index in [1.54, 1.807) is 6.20 Å². The number of rotatable bonds is 2. The van der Waals surface area contributed by atoms with E-state index in [9.17, 15) is 5.11 Å². The molecule has 1 unspecified atom stereocenters. The third-order valence-electron chi connectivity index (χ3n) is 3.34. The molecule has 3 heteroatoms. The lowest BCUT2D eigenvalue weighted by Crippen LogP contribution is -2.03. The molecule has 96 valence electrons. The molecular formula is C16H15NO2. The minimum Gasteiger partial charge on any atom is -0.458 e. The van der Waals surface area contributed by atoms with Crippen molar-refractivity contribution in [3.8, 4) is 0 Å². The Bertz CT molecular complexity index is 730. The van der Waals surface area contributed by atoms with Gasteiger partial charge in [0.25, 0.3) is 0 Å². The van der Waals surface area contributed by atoms with E-state index in [0.29, 0.717) is 11.5 Å². The van der Waals surface area contributed by atoms with Gasteiger partial charge >= 0.3 is 0 Å². The van der Waals surface area contributed by atoms with Crippen LogP contribution in [0.4, 0.5) is 0 Å². The molecule has 0 fully saturated rings. The molecule has 0 saturated carbocycles. The van der Waals surface area contributed by atoms with Crippen LogP contribution in [0.5, 0.6) is 0 Å². The summed E-state index contributed by atoms with van der Waals surface area (Å²) in [5.74, 6) is 0.533. The summed E-state index contributed by atoms with van der Waals surface area (Å²) >= 11 is 0. The van der Waals surface area contributed by atoms with Gasteiger partial charge in [-0.3, -0.25) is 4.98 Å². The predicted molar refractivity (Wildman–Crippen MR) is 74.0 cm³/mol. The molecule has 1 aromatic carbocycles. The number of hydrogen-bond acceptors (Lipinski definition) is 3. The van der Waals surface area contributed by atoms with Crippen molar-refractivity contribution in [2.24, 2.45) is 0 Å². The van der Waals surface area contributed by atoms with Crippen molar-refractivity contribution in [3.05, 3.63) is 65.2 Å². The summed E-state index contributed by atoms with van der Waals surface area (Å²) in [4.78, 5) is 4.24. The Kier molecular flexibility index (Phi) is 2.84. The Hall–Kier alpha value is -2.13. The first-order valence-corrected chi connectivity index (χ1v) is 6.25. The van der Waals surface area contributed by atoms with Gasteiger partial charge in [-0.2, -0.15) is 0 Å². The first-order chi connectivity index (χ1) is 9.16. The van der Waals surface area contributed by atoms with E-state index in [2.05, 4.69) is 4.98 Å². The number of para-hydroxylation sites is 1. The zero-order chi connectivity index (χ0) is 13.4. The second-order valence-corrected chi connectivity index (χ2v) is 4.75. The molecule has 19 heavy (non-hydrogen) atoms. The number of benzene rings is 1. The van der Waals surface area contributed by atoms with E-state index in [0.717, 1.165) is 22.1 Å². The summed E-state index contributed by atoms with van der Waals surface area (Å²) in [7, 11) is 0. The summed E-state index contributed by atoms with van der Waals surface area (Å²) in [5.41, 5.74) is 3.48. The lowest BCUT2D eigenvalue weighted by molar-refractivity contribution is 0.187. The number of nitrogens with zero attached hydrogens (tertiary/aromatic N) is 1. The van der Waals surface area contributed by atoms with Crippen LogP contribution in [0.3, 0.4) is 0 Å². The lowest BCUT2D eigenvalue weighted by atomic mass is 10.1. The maximum absolute atomic E-state index is 10.4. The highest BCUT2D eigenvalue weighted by atomic mass is 16.4. The van der Waals surface area contributed by atoms with Gasteiger partial charge in [0.05, 0.1) is 5.69 Å². The van der Waals surface area contributed by atoms with Gasteiger partial charge in [-0.05, 0) is 37.1 Å². The largest absolute Gasteiger partial charge is 0.458 e. The summed E-state index contributed by atoms with van der Waals surface area (Å²) in [6, 6.07) is 11.6. The minimum absolute atomic E-state index is 0.533. The highest BCUT2D eigenvalue weighted by Crippen LogP contribution is 2.29. The second kappa shape index (κ2) is 4.52. The minimum atomic E-state index is -0.826. The molecule has 0 radical (unpaired) electrons. The van der Waals surface area contributed by atoms with Crippen LogP contribution in [0, 0.1) is 13.8 Å². The summed E-state index contributed by atoms with van der Waals surface area (Å²) < 4.78 is 5.78. The number of pyridine rings is 1. The third-order valence-corrected chi connectivity index (χ3v) is 3.34. The molecule has 0 amide bonds. The SMILES string of the molecule is Cc1cccnc1C(O)c1cc2cccc(C)c2o1. The van der Waals surface area contributed by atoms with E-state index in [4.69, 9.17) is 4.42 Å². The zero-order valence-electron chi connectivity index (χ0n) is 10.9. The van der Waals surface area contributed by atoms with Crippen LogP contribution in [0.25, 0.3) is 11.0 Å². The van der Waals surface area contributed by atoms with Crippen LogP contribution in [-0.4, -0.2) is 10.1 Å². The van der Waals surface area contributed by atoms with Crippen molar-refractivity contribution in [2.75, 3.05) is 0 Å². The maximum atomic E-state index is 10.4. The van der Waals surface area contributed by atoms with Crippen molar-refractivity contribution < 1.29 is 9.52 Å². The van der Waals surface area contributed by atoms with Gasteiger partial charge in [-0.15, -0.1) is 0 Å². The normalized spacial score (nSPS) is 12.8. The first kappa shape index (κ1) is 11.9. The third kappa shape index (κ3) is 2.02. The fraction of sp³-hybridized carbons (Fsp3) is 0.188. The number of hydrogen-bond donors (Lipinski definition) is 1. The standard InChI is InChI=1S/C16H15NO2/c1-10-6-4-8-17-14(10)15(18)13-9-12-7-3-5-11(2)16(12)19-13/h3-9,15,18H,1-2H3. The number of aliphatic hydroxyl groups excluding tert-OH is 1. The van der Waals surface area contributed by atoms with Gasteiger partial charge in [0.15, 0.2) is 6.10 Å². The molecular weight excluding hydrogens is 238 g/mol. The second-order valence-electron chi connectivity index (χ2n) is 4.75. The highest BCUT2D eigenvalue weighted by molar-refractivity contribution is 5.81. The number of fused-ring (bicyclic) bond motifs is 1. The Morgan fingerprint density at radius 2 is 1.89 bits per heavy atom. The molecule has 0 aliphatic carbocycles. The van der Waals surface area contributed by atoms with Gasteiger partial charge in [0.2, 0.25) is 0 Å². The molecule has 0 spiro atoms. The highest BCUT2D eigenvalue weighted by Gasteiger charge is 2.18. The van der Waals surface area contributed by atoms with Gasteiger partial charge < -0.3 is 9.52 Å². The van der Waals surface area contributed by atoms with Crippen LogP contribution in [0.2, 0.25) is 0 Å². The van der Waals surface area contributed by atoms with Gasteiger partial charge in [0.1, 0.15) is 11.3 Å². The van der Waals surface area contributed by atoms with Gasteiger partial charge in [0, 0.05) is 11.6 Å². The fourth-order valence-corrected chi connectivity index (χ4v) is 2.28. The van der Waals surface area contributed by atoms with Crippen LogP contribution < -0.4 is 0 Å². The van der Waals surface area contributed by atoms with E-state index >= 15 is 0 Å². The predicted octanol–water partition coefficient (Wildman–Crippen LogP) is 3.53. The van der Waals surface area contributed by atoms with Crippen LogP contribution in [-0.2, 0) is 0 Å². The maximum Gasteiger partial charge on any atom is 0.154 e. The number of aromatic nitrogens is 1. The lowest BCUT2D eigenvalue weighted by Gasteiger charge is -2.09. The molecule has 3 nitrogen and oxygen atoms in total. The van der Waals surface area contributed by atoms with Gasteiger partial charge in [-0.25, -0.2) is 0 Å². The number of aliphatic hydroxyl groups is 1. The first-order valence-electron chi connectivity index (χ1n) is 6.25. The average molecular weight is 253 g/mol. The van der Waals surface area contributed by atoms with Crippen molar-refractivity contribution in [1.82, 2.24) is 4.98 Å². The molecule has 3 aromatic rings. The topological polar surface area (TPSA) is 46.3 Å². The number of furan rings is 1. The molecule has 0 bridgehead atoms. The molecule has 0 aliphatic rings. The Morgan fingerprint density at radius 1 is 1.11 bits per heavy atom. The van der Waals surface area contributed by atoms with Crippen molar-refractivity contribution in [3.63, 3.8) is 0 Å². The fourth-order valence-electron chi connectivity index (χ4n) is 2.28. The Morgan fingerprint density at radius 3 is 2.63 bits per heavy atom. The molecule has 3 rings (SSSR count). The van der Waals surface area contributed by atoms with Crippen LogP contribution >= 0.6 is 0 Å². The molecule has 0 saturated heterocycles. The monoisotopic (exact) mass is 253 g/mol. The van der Waals surface area contributed by atoms with Crippen LogP contribution in [0.15, 0.2) is 47.0 Å². The van der Waals surface area contributed by atoms with E-state index in [1.165, 1.54) is 0 Å². The number of aryl methyl sites for hydroxylation is 2. The smallest absolute Gasteiger partial charge is 0.154 e. The molecule has 1 N–H and O–H groups in total. The van der Waals surface area contributed by atoms with E-state index in [-0.39, 0.29) is 0 Å². The summed E-state index contributed by atoms with van der Waals surface area (Å²) in [6.07, 6.45) is 0.854. The Labute approximate surface area is 111 Å². The quantitative estimate of drug-likeness (QED) is 0.760. The van der Waals surface area contributed by atoms with E-state index < -0.39 is 6.10 Å². The van der Waals surface area contributed by atoms with Crippen molar-refractivity contribution in [2.45, 2.75) is 20.0 Å². The van der Waals surface area contributed by atoms with E-state index in [1.807, 2.05) is 50.2 Å². The Balaban J connectivity index is 2.10. The molecule has 2 heterocycles. The van der Waals surface area contributed by atoms with Crippen molar-refractivity contribution in [1.29, 1.82) is 0 Å². The summed E-state index contributed by atoms with van der Waals surface area (Å²) in [5, 5.41) is 11.4. The summed E-state index contributed by atoms with van der Waals surface area (Å²) in [6.45, 7) is 3.92. The molecule has 1 atom stereocenters. The molecule has 2 aromatic heterocycles. The zero-order valence-corrected chi connectivity index (χ0v) is 10.9. The average Bonchev–Trinajstić information content (AvgIpc) is 2.84. The molecule has 0 aliphatic heterocycles. The van der Waals surface area contributed by atoms with Crippen molar-refractivity contribution >= 4 is 11.0 Å². The van der Waals surface area contributed by atoms with Gasteiger partial charge in [-0.1, -0.05) is 24.3 Å².